The summed E-state index contributed by atoms with van der Waals surface area (Å²) in [6.07, 6.45) is 3.42. The molecule has 1 fully saturated rings. The predicted octanol–water partition coefficient (Wildman–Crippen LogP) is 4.04. The fourth-order valence-corrected chi connectivity index (χ4v) is 2.98. The number of hydrogen-bond donors (Lipinski definition) is 1. The average molecular weight is 273 g/mol. The molecular formula is C13H14Cl2O2. The number of carboxylic acids is 1. The molecule has 1 N–H and O–H groups in total. The number of halogens is 2. The lowest BCUT2D eigenvalue weighted by Crippen LogP contribution is -2.20. The molecule has 2 rings (SSSR count). The number of carboxylic acid groups (broad SMARTS) is 1. The molecule has 0 radical (unpaired) electrons. The Morgan fingerprint density at radius 2 is 2.12 bits per heavy atom. The molecule has 1 aliphatic carbocycles. The van der Waals surface area contributed by atoms with Crippen molar-refractivity contribution in [2.75, 3.05) is 0 Å². The van der Waals surface area contributed by atoms with Gasteiger partial charge in [-0.15, -0.1) is 0 Å². The Kier molecular flexibility index (Phi) is 3.95. The normalized spacial score (nSPS) is 23.9. The second kappa shape index (κ2) is 5.28. The van der Waals surface area contributed by atoms with Gasteiger partial charge in [-0.25, -0.2) is 0 Å². The summed E-state index contributed by atoms with van der Waals surface area (Å²) in [6.45, 7) is 0. The van der Waals surface area contributed by atoms with Crippen molar-refractivity contribution in [3.8, 4) is 0 Å². The Bertz CT molecular complexity index is 431. The van der Waals surface area contributed by atoms with Gasteiger partial charge in [-0.2, -0.15) is 0 Å². The molecule has 2 atom stereocenters. The van der Waals surface area contributed by atoms with Gasteiger partial charge in [-0.3, -0.25) is 4.79 Å². The standard InChI is InChI=1S/C13H14Cl2O2/c14-10-4-5-12(15)9(7-10)6-8-2-1-3-11(8)13(16)17/h4-5,7-8,11H,1-3,6H2,(H,16,17). The molecule has 92 valence electrons. The van der Waals surface area contributed by atoms with Crippen LogP contribution in [0.3, 0.4) is 0 Å². The molecule has 0 bridgehead atoms. The maximum absolute atomic E-state index is 11.1. The minimum absolute atomic E-state index is 0.184. The van der Waals surface area contributed by atoms with E-state index in [1.807, 2.05) is 6.07 Å². The molecule has 0 saturated heterocycles. The first-order valence-corrected chi connectivity index (χ1v) is 6.50. The summed E-state index contributed by atoms with van der Waals surface area (Å²) in [4.78, 5) is 11.1. The van der Waals surface area contributed by atoms with Gasteiger partial charge in [-0.1, -0.05) is 29.6 Å². The van der Waals surface area contributed by atoms with Crippen LogP contribution in [0, 0.1) is 11.8 Å². The Hall–Kier alpha value is -0.730. The molecule has 4 heteroatoms. The topological polar surface area (TPSA) is 37.3 Å². The molecule has 2 nitrogen and oxygen atoms in total. The molecule has 2 unspecified atom stereocenters. The molecule has 0 amide bonds. The van der Waals surface area contributed by atoms with Crippen molar-refractivity contribution < 1.29 is 9.90 Å². The molecule has 1 saturated carbocycles. The molecule has 0 spiro atoms. The third-order valence-electron chi connectivity index (χ3n) is 3.47. The van der Waals surface area contributed by atoms with Gasteiger partial charge in [0.25, 0.3) is 0 Å². The lowest BCUT2D eigenvalue weighted by molar-refractivity contribution is -0.142. The summed E-state index contributed by atoms with van der Waals surface area (Å²) < 4.78 is 0. The highest BCUT2D eigenvalue weighted by atomic mass is 35.5. The van der Waals surface area contributed by atoms with Crippen molar-refractivity contribution in [1.29, 1.82) is 0 Å². The highest BCUT2D eigenvalue weighted by molar-refractivity contribution is 6.33. The largest absolute Gasteiger partial charge is 0.481 e. The van der Waals surface area contributed by atoms with Crippen LogP contribution in [-0.4, -0.2) is 11.1 Å². The van der Waals surface area contributed by atoms with Gasteiger partial charge in [0.2, 0.25) is 0 Å². The van der Waals surface area contributed by atoms with Crippen LogP contribution in [0.1, 0.15) is 24.8 Å². The summed E-state index contributed by atoms with van der Waals surface area (Å²) in [6, 6.07) is 5.35. The van der Waals surface area contributed by atoms with E-state index in [2.05, 4.69) is 0 Å². The van der Waals surface area contributed by atoms with E-state index in [9.17, 15) is 4.79 Å². The van der Waals surface area contributed by atoms with Gasteiger partial charge in [0.1, 0.15) is 0 Å². The molecule has 0 heterocycles. The summed E-state index contributed by atoms with van der Waals surface area (Å²) >= 11 is 12.0. The Morgan fingerprint density at radius 3 is 2.82 bits per heavy atom. The zero-order valence-corrected chi connectivity index (χ0v) is 10.8. The third-order valence-corrected chi connectivity index (χ3v) is 4.07. The first kappa shape index (κ1) is 12.7. The number of carbonyl (C=O) groups is 1. The van der Waals surface area contributed by atoms with Crippen LogP contribution in [0.5, 0.6) is 0 Å². The monoisotopic (exact) mass is 272 g/mol. The second-order valence-corrected chi connectivity index (χ2v) is 5.42. The molecule has 1 aromatic carbocycles. The van der Waals surface area contributed by atoms with Crippen molar-refractivity contribution in [1.82, 2.24) is 0 Å². The fraction of sp³-hybridized carbons (Fsp3) is 0.462. The second-order valence-electron chi connectivity index (χ2n) is 4.58. The maximum Gasteiger partial charge on any atom is 0.306 e. The Morgan fingerprint density at radius 1 is 1.35 bits per heavy atom. The number of rotatable bonds is 3. The molecular weight excluding hydrogens is 259 g/mol. The van der Waals surface area contributed by atoms with Crippen LogP contribution in [0.2, 0.25) is 10.0 Å². The van der Waals surface area contributed by atoms with Crippen LogP contribution in [0.25, 0.3) is 0 Å². The molecule has 0 aliphatic heterocycles. The van der Waals surface area contributed by atoms with Crippen molar-refractivity contribution in [3.05, 3.63) is 33.8 Å². The average Bonchev–Trinajstić information content (AvgIpc) is 2.71. The minimum atomic E-state index is -0.689. The summed E-state index contributed by atoms with van der Waals surface area (Å²) in [7, 11) is 0. The number of benzene rings is 1. The van der Waals surface area contributed by atoms with Crippen molar-refractivity contribution in [2.45, 2.75) is 25.7 Å². The van der Waals surface area contributed by atoms with Crippen molar-refractivity contribution in [3.63, 3.8) is 0 Å². The van der Waals surface area contributed by atoms with Gasteiger partial charge in [0.15, 0.2) is 0 Å². The van der Waals surface area contributed by atoms with E-state index in [0.717, 1.165) is 24.8 Å². The van der Waals surface area contributed by atoms with Crippen LogP contribution in [-0.2, 0) is 11.2 Å². The van der Waals surface area contributed by atoms with Crippen molar-refractivity contribution >= 4 is 29.2 Å². The number of aliphatic carboxylic acids is 1. The lowest BCUT2D eigenvalue weighted by atomic mass is 9.90. The van der Waals surface area contributed by atoms with E-state index in [1.165, 1.54) is 0 Å². The van der Waals surface area contributed by atoms with E-state index < -0.39 is 5.97 Å². The third kappa shape index (κ3) is 2.93. The summed E-state index contributed by atoms with van der Waals surface area (Å²) in [5.41, 5.74) is 0.956. The van der Waals surface area contributed by atoms with E-state index in [0.29, 0.717) is 16.5 Å². The van der Waals surface area contributed by atoms with E-state index in [4.69, 9.17) is 28.3 Å². The van der Waals surface area contributed by atoms with Gasteiger partial charge < -0.3 is 5.11 Å². The zero-order chi connectivity index (χ0) is 12.4. The quantitative estimate of drug-likeness (QED) is 0.902. The minimum Gasteiger partial charge on any atom is -0.481 e. The van der Waals surface area contributed by atoms with E-state index in [-0.39, 0.29) is 11.8 Å². The summed E-state index contributed by atoms with van der Waals surface area (Å²) in [5, 5.41) is 10.4. The smallest absolute Gasteiger partial charge is 0.306 e. The predicted molar refractivity (Wildman–Crippen MR) is 68.6 cm³/mol. The highest BCUT2D eigenvalue weighted by Crippen LogP contribution is 2.36. The first-order valence-electron chi connectivity index (χ1n) is 5.74. The lowest BCUT2D eigenvalue weighted by Gasteiger charge is -2.16. The van der Waals surface area contributed by atoms with Gasteiger partial charge in [0, 0.05) is 10.0 Å². The van der Waals surface area contributed by atoms with Gasteiger partial charge in [0.05, 0.1) is 5.92 Å². The van der Waals surface area contributed by atoms with Crippen LogP contribution >= 0.6 is 23.2 Å². The van der Waals surface area contributed by atoms with Crippen molar-refractivity contribution in [2.24, 2.45) is 11.8 Å². The Balaban J connectivity index is 2.15. The SMILES string of the molecule is O=C(O)C1CCCC1Cc1cc(Cl)ccc1Cl. The number of hydrogen-bond acceptors (Lipinski definition) is 1. The van der Waals surface area contributed by atoms with Crippen LogP contribution in [0.4, 0.5) is 0 Å². The molecule has 0 aromatic heterocycles. The van der Waals surface area contributed by atoms with E-state index >= 15 is 0 Å². The fourth-order valence-electron chi connectivity index (χ4n) is 2.59. The van der Waals surface area contributed by atoms with Gasteiger partial charge in [-0.05, 0) is 48.9 Å². The van der Waals surface area contributed by atoms with Crippen LogP contribution < -0.4 is 0 Å². The molecule has 17 heavy (non-hydrogen) atoms. The highest BCUT2D eigenvalue weighted by Gasteiger charge is 2.33. The van der Waals surface area contributed by atoms with E-state index in [1.54, 1.807) is 12.1 Å². The summed E-state index contributed by atoms with van der Waals surface area (Å²) in [5.74, 6) is -0.737. The first-order chi connectivity index (χ1) is 8.08. The maximum atomic E-state index is 11.1. The van der Waals surface area contributed by atoms with Crippen LogP contribution in [0.15, 0.2) is 18.2 Å². The zero-order valence-electron chi connectivity index (χ0n) is 9.33. The Labute approximate surface area is 111 Å². The van der Waals surface area contributed by atoms with Gasteiger partial charge >= 0.3 is 5.97 Å². The molecule has 1 aromatic rings. The molecule has 1 aliphatic rings.